The van der Waals surface area contributed by atoms with E-state index in [0.29, 0.717) is 28.2 Å². The molecule has 0 aliphatic heterocycles. The van der Waals surface area contributed by atoms with Crippen LogP contribution in [-0.2, 0) is 0 Å². The van der Waals surface area contributed by atoms with Gasteiger partial charge in [-0.2, -0.15) is 0 Å². The van der Waals surface area contributed by atoms with Crippen molar-refractivity contribution in [1.82, 2.24) is 14.9 Å². The summed E-state index contributed by atoms with van der Waals surface area (Å²) in [7, 11) is 0. The van der Waals surface area contributed by atoms with Crippen LogP contribution in [0.25, 0.3) is 5.13 Å². The highest BCUT2D eigenvalue weighted by atomic mass is 32.1. The topological polar surface area (TPSA) is 84.2 Å². The standard InChI is InChI=1S/C14H15N3O3S/c1-8-12(13(20)15-7-9-2-3-9)21-14(16-8)17-5-4-10(18)6-11(17)19/h4-6,9,18H,2-3,7H2,1H3,(H,15,20). The van der Waals surface area contributed by atoms with Crippen molar-refractivity contribution in [3.8, 4) is 10.9 Å². The molecule has 7 heteroatoms. The first-order chi connectivity index (χ1) is 10.0. The highest BCUT2D eigenvalue weighted by molar-refractivity contribution is 7.16. The fraction of sp³-hybridized carbons (Fsp3) is 0.357. The molecule has 0 radical (unpaired) electrons. The van der Waals surface area contributed by atoms with Gasteiger partial charge in [-0.1, -0.05) is 11.3 Å². The number of aromatic hydroxyl groups is 1. The minimum atomic E-state index is -0.381. The number of hydrogen-bond donors (Lipinski definition) is 2. The normalized spacial score (nSPS) is 14.1. The molecule has 1 aliphatic carbocycles. The van der Waals surface area contributed by atoms with E-state index in [9.17, 15) is 14.7 Å². The monoisotopic (exact) mass is 305 g/mol. The molecule has 2 N–H and O–H groups in total. The predicted molar refractivity (Wildman–Crippen MR) is 79.2 cm³/mol. The first-order valence-corrected chi connectivity index (χ1v) is 7.54. The Morgan fingerprint density at radius 1 is 1.57 bits per heavy atom. The molecule has 3 rings (SSSR count). The highest BCUT2D eigenvalue weighted by Gasteiger charge is 2.23. The van der Waals surface area contributed by atoms with Crippen LogP contribution in [0.3, 0.4) is 0 Å². The van der Waals surface area contributed by atoms with E-state index >= 15 is 0 Å². The van der Waals surface area contributed by atoms with Crippen molar-refractivity contribution >= 4 is 17.2 Å². The number of nitrogens with zero attached hydrogens (tertiary/aromatic N) is 2. The van der Waals surface area contributed by atoms with Crippen LogP contribution < -0.4 is 10.9 Å². The van der Waals surface area contributed by atoms with Gasteiger partial charge in [0.2, 0.25) is 0 Å². The van der Waals surface area contributed by atoms with Crippen molar-refractivity contribution in [2.75, 3.05) is 6.54 Å². The molecule has 1 aliphatic rings. The van der Waals surface area contributed by atoms with E-state index in [1.165, 1.54) is 41.0 Å². The van der Waals surface area contributed by atoms with E-state index in [2.05, 4.69) is 10.3 Å². The second-order valence-corrected chi connectivity index (χ2v) is 6.14. The summed E-state index contributed by atoms with van der Waals surface area (Å²) in [6.45, 7) is 2.45. The fourth-order valence-corrected chi connectivity index (χ4v) is 2.93. The SMILES string of the molecule is Cc1nc(-n2ccc(O)cc2=O)sc1C(=O)NCC1CC1. The molecule has 0 spiro atoms. The molecular weight excluding hydrogens is 290 g/mol. The number of aryl methyl sites for hydroxylation is 1. The molecule has 0 aromatic carbocycles. The Morgan fingerprint density at radius 2 is 2.33 bits per heavy atom. The molecule has 2 aromatic rings. The van der Waals surface area contributed by atoms with Crippen molar-refractivity contribution in [2.24, 2.45) is 5.92 Å². The van der Waals surface area contributed by atoms with Gasteiger partial charge >= 0.3 is 0 Å². The Bertz CT molecular complexity index is 746. The van der Waals surface area contributed by atoms with Crippen LogP contribution in [0.5, 0.6) is 5.75 Å². The maximum Gasteiger partial charge on any atom is 0.263 e. The van der Waals surface area contributed by atoms with Crippen LogP contribution in [0, 0.1) is 12.8 Å². The highest BCUT2D eigenvalue weighted by Crippen LogP contribution is 2.28. The lowest BCUT2D eigenvalue weighted by Gasteiger charge is -2.01. The van der Waals surface area contributed by atoms with Gasteiger partial charge in [0.1, 0.15) is 10.6 Å². The molecule has 1 fully saturated rings. The summed E-state index contributed by atoms with van der Waals surface area (Å²) >= 11 is 1.17. The van der Waals surface area contributed by atoms with Crippen molar-refractivity contribution in [1.29, 1.82) is 0 Å². The van der Waals surface area contributed by atoms with Gasteiger partial charge in [0.05, 0.1) is 5.69 Å². The van der Waals surface area contributed by atoms with E-state index in [0.717, 1.165) is 6.07 Å². The Hall–Kier alpha value is -2.15. The minimum Gasteiger partial charge on any atom is -0.508 e. The zero-order valence-corrected chi connectivity index (χ0v) is 12.3. The minimum absolute atomic E-state index is 0.0908. The van der Waals surface area contributed by atoms with E-state index in [4.69, 9.17) is 0 Å². The molecule has 2 heterocycles. The second kappa shape index (κ2) is 5.33. The molecule has 1 saturated carbocycles. The maximum absolute atomic E-state index is 12.1. The number of hydrogen-bond acceptors (Lipinski definition) is 5. The lowest BCUT2D eigenvalue weighted by Crippen LogP contribution is -2.25. The van der Waals surface area contributed by atoms with E-state index in [-0.39, 0.29) is 17.2 Å². The zero-order chi connectivity index (χ0) is 15.0. The number of thiazole rings is 1. The maximum atomic E-state index is 12.1. The largest absolute Gasteiger partial charge is 0.508 e. The molecule has 2 aromatic heterocycles. The quantitative estimate of drug-likeness (QED) is 0.895. The van der Waals surface area contributed by atoms with Gasteiger partial charge in [-0.25, -0.2) is 4.98 Å². The summed E-state index contributed by atoms with van der Waals surface area (Å²) in [5.74, 6) is 0.378. The first kappa shape index (κ1) is 13.8. The Kier molecular flexibility index (Phi) is 3.50. The fourth-order valence-electron chi connectivity index (χ4n) is 1.96. The Morgan fingerprint density at radius 3 is 3.00 bits per heavy atom. The number of carbonyl (C=O) groups is 1. The van der Waals surface area contributed by atoms with Gasteiger partial charge < -0.3 is 10.4 Å². The van der Waals surface area contributed by atoms with Crippen LogP contribution in [0.4, 0.5) is 0 Å². The zero-order valence-electron chi connectivity index (χ0n) is 11.5. The summed E-state index contributed by atoms with van der Waals surface area (Å²) in [6, 6.07) is 2.52. The second-order valence-electron chi connectivity index (χ2n) is 5.16. The summed E-state index contributed by atoms with van der Waals surface area (Å²) in [5.41, 5.74) is 0.219. The third-order valence-corrected chi connectivity index (χ3v) is 4.50. The summed E-state index contributed by atoms with van der Waals surface area (Å²) in [4.78, 5) is 28.7. The van der Waals surface area contributed by atoms with Gasteiger partial charge in [0, 0.05) is 18.8 Å². The summed E-state index contributed by atoms with van der Waals surface area (Å²) in [6.07, 6.45) is 3.80. The van der Waals surface area contributed by atoms with Crippen molar-refractivity contribution < 1.29 is 9.90 Å². The average Bonchev–Trinajstić information content (AvgIpc) is 3.18. The predicted octanol–water partition coefficient (Wildman–Crippen LogP) is 1.45. The van der Waals surface area contributed by atoms with Gasteiger partial charge in [0.15, 0.2) is 5.13 Å². The van der Waals surface area contributed by atoms with Crippen LogP contribution >= 0.6 is 11.3 Å². The van der Waals surface area contributed by atoms with Crippen LogP contribution in [0.15, 0.2) is 23.1 Å². The van der Waals surface area contributed by atoms with E-state index in [1.807, 2.05) is 0 Å². The van der Waals surface area contributed by atoms with E-state index in [1.54, 1.807) is 6.92 Å². The number of nitrogens with one attached hydrogen (secondary N) is 1. The first-order valence-electron chi connectivity index (χ1n) is 6.72. The third-order valence-electron chi connectivity index (χ3n) is 3.35. The molecule has 1 amide bonds. The molecule has 0 atom stereocenters. The Balaban J connectivity index is 1.86. The number of pyridine rings is 1. The molecule has 0 saturated heterocycles. The summed E-state index contributed by atoms with van der Waals surface area (Å²) < 4.78 is 1.31. The lowest BCUT2D eigenvalue weighted by molar-refractivity contribution is 0.0955. The number of carbonyl (C=O) groups excluding carboxylic acids is 1. The smallest absolute Gasteiger partial charge is 0.263 e. The third kappa shape index (κ3) is 2.97. The number of amides is 1. The molecule has 21 heavy (non-hydrogen) atoms. The number of rotatable bonds is 4. The van der Waals surface area contributed by atoms with E-state index < -0.39 is 0 Å². The van der Waals surface area contributed by atoms with Crippen molar-refractivity contribution in [2.45, 2.75) is 19.8 Å². The van der Waals surface area contributed by atoms with Crippen LogP contribution in [-0.4, -0.2) is 27.1 Å². The van der Waals surface area contributed by atoms with Gasteiger partial charge in [0.25, 0.3) is 11.5 Å². The molecule has 110 valence electrons. The van der Waals surface area contributed by atoms with Crippen molar-refractivity contribution in [3.63, 3.8) is 0 Å². The molecule has 0 unspecified atom stereocenters. The van der Waals surface area contributed by atoms with Crippen LogP contribution in [0.1, 0.15) is 28.2 Å². The van der Waals surface area contributed by atoms with Gasteiger partial charge in [-0.15, -0.1) is 0 Å². The van der Waals surface area contributed by atoms with Gasteiger partial charge in [-0.05, 0) is 31.7 Å². The molecule has 6 nitrogen and oxygen atoms in total. The Labute approximate surface area is 125 Å². The molecule has 0 bridgehead atoms. The lowest BCUT2D eigenvalue weighted by atomic mass is 10.3. The number of aromatic nitrogens is 2. The van der Waals surface area contributed by atoms with Crippen molar-refractivity contribution in [3.05, 3.63) is 39.3 Å². The molecular formula is C14H15N3O3S. The summed E-state index contributed by atoms with van der Waals surface area (Å²) in [5, 5.41) is 12.6. The van der Waals surface area contributed by atoms with Gasteiger partial charge in [-0.3, -0.25) is 14.2 Å². The van der Waals surface area contributed by atoms with Crippen LogP contribution in [0.2, 0.25) is 0 Å². The average molecular weight is 305 g/mol.